The third kappa shape index (κ3) is 3.65. The number of anilines is 1. The van der Waals surface area contributed by atoms with Crippen LogP contribution in [0.1, 0.15) is 49.3 Å². The summed E-state index contributed by atoms with van der Waals surface area (Å²) in [6.45, 7) is 7.06. The normalized spacial score (nSPS) is 16.9. The van der Waals surface area contributed by atoms with Crippen LogP contribution in [0.4, 0.5) is 5.69 Å². The fourth-order valence-corrected chi connectivity index (χ4v) is 3.51. The molecule has 0 fully saturated rings. The lowest BCUT2D eigenvalue weighted by molar-refractivity contribution is -0.132. The molecule has 0 radical (unpaired) electrons. The average molecular weight is 397 g/mol. The molecule has 29 heavy (non-hydrogen) atoms. The van der Waals surface area contributed by atoms with Crippen molar-refractivity contribution in [3.8, 4) is 5.75 Å². The van der Waals surface area contributed by atoms with Crippen molar-refractivity contribution in [2.45, 2.75) is 39.4 Å². The third-order valence-corrected chi connectivity index (χ3v) is 5.15. The van der Waals surface area contributed by atoms with Crippen LogP contribution < -0.4 is 9.64 Å². The van der Waals surface area contributed by atoms with Crippen molar-refractivity contribution in [3.05, 3.63) is 53.0 Å². The predicted octanol–water partition coefficient (Wildman–Crippen LogP) is 2.99. The van der Waals surface area contributed by atoms with E-state index in [1.807, 2.05) is 25.3 Å². The summed E-state index contributed by atoms with van der Waals surface area (Å²) < 4.78 is 6.17. The largest absolute Gasteiger partial charge is 0.475 e. The van der Waals surface area contributed by atoms with E-state index in [9.17, 15) is 14.7 Å². The molecule has 7 nitrogen and oxygen atoms in total. The van der Waals surface area contributed by atoms with Crippen molar-refractivity contribution in [1.82, 2.24) is 9.88 Å². The molecule has 1 aliphatic heterocycles. The zero-order chi connectivity index (χ0) is 21.5. The molecule has 2 amide bonds. The van der Waals surface area contributed by atoms with Gasteiger partial charge < -0.3 is 24.6 Å². The average Bonchev–Trinajstić information content (AvgIpc) is 3.09. The van der Waals surface area contributed by atoms with E-state index in [1.165, 1.54) is 4.90 Å². The Morgan fingerprint density at radius 2 is 2.03 bits per heavy atom. The first kappa shape index (κ1) is 20.7. The summed E-state index contributed by atoms with van der Waals surface area (Å²) in [5.41, 5.74) is 3.44. The number of amides is 2. The molecule has 2 N–H and O–H groups in total. The number of aryl methyl sites for hydroxylation is 1. The Labute approximate surface area is 170 Å². The first-order valence-corrected chi connectivity index (χ1v) is 9.43. The van der Waals surface area contributed by atoms with E-state index in [0.717, 1.165) is 16.8 Å². The van der Waals surface area contributed by atoms with Crippen molar-refractivity contribution in [1.29, 1.82) is 0 Å². The van der Waals surface area contributed by atoms with Gasteiger partial charge in [0.15, 0.2) is 11.4 Å². The Hall–Kier alpha value is -3.06. The number of rotatable bonds is 5. The summed E-state index contributed by atoms with van der Waals surface area (Å²) in [6, 6.07) is 5.53. The summed E-state index contributed by atoms with van der Waals surface area (Å²) in [7, 11) is 3.35. The molecular formula is C22H27N3O4. The minimum atomic E-state index is -1.04. The quantitative estimate of drug-likeness (QED) is 0.760. The van der Waals surface area contributed by atoms with Crippen LogP contribution in [0, 0.1) is 6.92 Å². The number of ether oxygens (including phenoxy) is 1. The highest BCUT2D eigenvalue weighted by atomic mass is 16.5. The lowest BCUT2D eigenvalue weighted by Gasteiger charge is -2.38. The minimum absolute atomic E-state index is 0.174. The van der Waals surface area contributed by atoms with Crippen molar-refractivity contribution < 1.29 is 19.4 Å². The fourth-order valence-electron chi connectivity index (χ4n) is 3.51. The van der Waals surface area contributed by atoms with Gasteiger partial charge >= 0.3 is 0 Å². The first-order valence-electron chi connectivity index (χ1n) is 9.43. The Balaban J connectivity index is 2.36. The van der Waals surface area contributed by atoms with Gasteiger partial charge in [-0.1, -0.05) is 0 Å². The minimum Gasteiger partial charge on any atom is -0.475 e. The van der Waals surface area contributed by atoms with E-state index in [1.54, 1.807) is 52.0 Å². The Morgan fingerprint density at radius 1 is 1.34 bits per heavy atom. The van der Waals surface area contributed by atoms with Crippen LogP contribution in [0.25, 0.3) is 5.57 Å². The third-order valence-electron chi connectivity index (χ3n) is 5.15. The number of aliphatic hydroxyl groups is 1. The summed E-state index contributed by atoms with van der Waals surface area (Å²) >= 11 is 0. The van der Waals surface area contributed by atoms with Crippen LogP contribution in [0.3, 0.4) is 0 Å². The van der Waals surface area contributed by atoms with E-state index >= 15 is 0 Å². The molecule has 0 aliphatic carbocycles. The summed E-state index contributed by atoms with van der Waals surface area (Å²) in [5.74, 6) is 0.361. The Kier molecular flexibility index (Phi) is 5.28. The zero-order valence-electron chi connectivity index (χ0n) is 17.6. The molecule has 1 atom stereocenters. The van der Waals surface area contributed by atoms with Crippen molar-refractivity contribution in [2.24, 2.45) is 0 Å². The second-order valence-corrected chi connectivity index (χ2v) is 7.90. The lowest BCUT2D eigenvalue weighted by Crippen LogP contribution is -2.51. The van der Waals surface area contributed by atoms with Gasteiger partial charge in [0.1, 0.15) is 0 Å². The molecule has 1 aliphatic rings. The Bertz CT molecular complexity index is 988. The maximum Gasteiger partial charge on any atom is 0.270 e. The zero-order valence-corrected chi connectivity index (χ0v) is 17.6. The Morgan fingerprint density at radius 3 is 2.59 bits per heavy atom. The number of nitrogens with zero attached hydrogens (tertiary/aromatic N) is 2. The van der Waals surface area contributed by atoms with E-state index in [2.05, 4.69) is 4.98 Å². The highest BCUT2D eigenvalue weighted by molar-refractivity contribution is 6.03. The number of likely N-dealkylation sites (N-methyl/N-ethyl adjacent to an activating group) is 1. The van der Waals surface area contributed by atoms with Crippen LogP contribution in [-0.4, -0.2) is 47.0 Å². The number of aromatic amines is 1. The molecule has 1 unspecified atom stereocenters. The molecule has 0 spiro atoms. The smallest absolute Gasteiger partial charge is 0.270 e. The van der Waals surface area contributed by atoms with E-state index in [4.69, 9.17) is 4.74 Å². The second-order valence-electron chi connectivity index (χ2n) is 7.90. The van der Waals surface area contributed by atoms with Gasteiger partial charge in [-0.2, -0.15) is 0 Å². The van der Waals surface area contributed by atoms with Gasteiger partial charge in [-0.15, -0.1) is 0 Å². The number of aliphatic hydroxyl groups excluding tert-OH is 1. The molecule has 1 aromatic heterocycles. The number of fused-ring (bicyclic) bond motifs is 1. The standard InChI is InChI=1S/C22H27N3O4/c1-13-16(7-8-23-13)18(11-24(5)12-26)17-9-15(14(2)27)10-19-20(17)29-22(3,4)21(28)25(19)6/h7-12,14,23,27H,1-6H3/b18-11+. The van der Waals surface area contributed by atoms with E-state index in [-0.39, 0.29) is 5.91 Å². The molecule has 1 aromatic carbocycles. The molecule has 7 heteroatoms. The first-order chi connectivity index (χ1) is 13.6. The van der Waals surface area contributed by atoms with E-state index in [0.29, 0.717) is 29.0 Å². The molecule has 2 heterocycles. The van der Waals surface area contributed by atoms with Crippen molar-refractivity contribution >= 4 is 23.6 Å². The van der Waals surface area contributed by atoms with Gasteiger partial charge in [-0.25, -0.2) is 0 Å². The van der Waals surface area contributed by atoms with E-state index < -0.39 is 11.7 Å². The lowest BCUT2D eigenvalue weighted by atomic mass is 9.92. The number of hydrogen-bond donors (Lipinski definition) is 2. The number of aromatic nitrogens is 1. The van der Waals surface area contributed by atoms with Crippen LogP contribution in [0.2, 0.25) is 0 Å². The van der Waals surface area contributed by atoms with Gasteiger partial charge in [-0.3, -0.25) is 9.59 Å². The SMILES string of the molecule is Cc1[nH]ccc1/C(=C\N(C)C=O)c1cc(C(C)O)cc2c1OC(C)(C)C(=O)N2C. The van der Waals surface area contributed by atoms with Gasteiger partial charge in [0.25, 0.3) is 5.91 Å². The number of H-pyrrole nitrogens is 1. The topological polar surface area (TPSA) is 85.9 Å². The number of carbonyl (C=O) groups excluding carboxylic acids is 2. The van der Waals surface area contributed by atoms with Crippen molar-refractivity contribution in [3.63, 3.8) is 0 Å². The number of hydrogen-bond acceptors (Lipinski definition) is 4. The van der Waals surface area contributed by atoms with Crippen LogP contribution >= 0.6 is 0 Å². The highest BCUT2D eigenvalue weighted by Crippen LogP contribution is 2.45. The van der Waals surface area contributed by atoms with Gasteiger partial charge in [0.2, 0.25) is 6.41 Å². The van der Waals surface area contributed by atoms with Crippen LogP contribution in [0.15, 0.2) is 30.6 Å². The molecular weight excluding hydrogens is 370 g/mol. The monoisotopic (exact) mass is 397 g/mol. The predicted molar refractivity (Wildman–Crippen MR) is 112 cm³/mol. The molecule has 2 aromatic rings. The molecule has 154 valence electrons. The van der Waals surface area contributed by atoms with Gasteiger partial charge in [0, 0.05) is 48.9 Å². The van der Waals surface area contributed by atoms with Crippen molar-refractivity contribution in [2.75, 3.05) is 19.0 Å². The molecule has 0 saturated carbocycles. The maximum atomic E-state index is 12.7. The number of nitrogens with one attached hydrogen (secondary N) is 1. The molecule has 3 rings (SSSR count). The van der Waals surface area contributed by atoms with Crippen LogP contribution in [0.5, 0.6) is 5.75 Å². The summed E-state index contributed by atoms with van der Waals surface area (Å²) in [6.07, 6.45) is 3.52. The second kappa shape index (κ2) is 7.40. The molecule has 0 bridgehead atoms. The maximum absolute atomic E-state index is 12.7. The summed E-state index contributed by atoms with van der Waals surface area (Å²) in [4.78, 5) is 30.2. The number of benzene rings is 1. The molecule has 0 saturated heterocycles. The van der Waals surface area contributed by atoms with Gasteiger partial charge in [-0.05, 0) is 51.5 Å². The summed E-state index contributed by atoms with van der Waals surface area (Å²) in [5, 5.41) is 10.3. The highest BCUT2D eigenvalue weighted by Gasteiger charge is 2.41. The van der Waals surface area contributed by atoms with Crippen LogP contribution in [-0.2, 0) is 9.59 Å². The number of carbonyl (C=O) groups is 2. The van der Waals surface area contributed by atoms with Gasteiger partial charge in [0.05, 0.1) is 11.8 Å². The fraction of sp³-hybridized carbons (Fsp3) is 0.364.